The highest BCUT2D eigenvalue weighted by Gasteiger charge is 2.12. The van der Waals surface area contributed by atoms with Crippen molar-refractivity contribution in [3.63, 3.8) is 0 Å². The second kappa shape index (κ2) is 4.14. The molecule has 0 aliphatic heterocycles. The minimum atomic E-state index is -0.415. The minimum absolute atomic E-state index is 0.130. The molecule has 0 atom stereocenters. The summed E-state index contributed by atoms with van der Waals surface area (Å²) in [6.07, 6.45) is 5.42. The van der Waals surface area contributed by atoms with Crippen molar-refractivity contribution in [2.75, 3.05) is 0 Å². The largest absolute Gasteiger partial charge is 0.360 e. The van der Waals surface area contributed by atoms with Crippen LogP contribution in [0.4, 0.5) is 4.39 Å². The van der Waals surface area contributed by atoms with Gasteiger partial charge < -0.3 is 9.55 Å². The van der Waals surface area contributed by atoms with E-state index in [0.717, 1.165) is 28.7 Å². The Hall–Kier alpha value is -1.81. The van der Waals surface area contributed by atoms with Crippen molar-refractivity contribution in [3.8, 4) is 11.3 Å². The Kier molecular flexibility index (Phi) is 2.59. The number of nitrogens with one attached hydrogen (secondary N) is 1. The number of benzene rings is 1. The molecule has 2 aromatic heterocycles. The molecule has 2 heterocycles. The van der Waals surface area contributed by atoms with Gasteiger partial charge in [0.25, 0.3) is 0 Å². The SMILES string of the molecule is CCn1cncc1-c1c[nH]c2cc(F)c(Cl)cc12. The molecule has 1 aromatic carbocycles. The molecule has 0 fully saturated rings. The molecule has 0 unspecified atom stereocenters. The third kappa shape index (κ3) is 1.61. The number of imidazole rings is 1. The van der Waals surface area contributed by atoms with Crippen molar-refractivity contribution < 1.29 is 4.39 Å². The molecule has 1 N–H and O–H groups in total. The molecule has 92 valence electrons. The molecule has 0 radical (unpaired) electrons. The van der Waals surface area contributed by atoms with Gasteiger partial charge in [0.1, 0.15) is 5.82 Å². The van der Waals surface area contributed by atoms with Gasteiger partial charge in [-0.1, -0.05) is 11.6 Å². The van der Waals surface area contributed by atoms with Gasteiger partial charge in [0.05, 0.1) is 23.2 Å². The fraction of sp³-hybridized carbons (Fsp3) is 0.154. The van der Waals surface area contributed by atoms with E-state index in [1.807, 2.05) is 17.7 Å². The molecule has 0 saturated heterocycles. The first-order valence-corrected chi connectivity index (χ1v) is 6.05. The molecule has 0 aliphatic carbocycles. The van der Waals surface area contributed by atoms with Crippen molar-refractivity contribution in [2.45, 2.75) is 13.5 Å². The summed E-state index contributed by atoms with van der Waals surface area (Å²) in [5.41, 5.74) is 2.70. The number of fused-ring (bicyclic) bond motifs is 1. The fourth-order valence-electron chi connectivity index (χ4n) is 2.13. The van der Waals surface area contributed by atoms with Gasteiger partial charge in [0.15, 0.2) is 0 Å². The van der Waals surface area contributed by atoms with Crippen molar-refractivity contribution in [1.29, 1.82) is 0 Å². The van der Waals surface area contributed by atoms with Crippen LogP contribution in [0.5, 0.6) is 0 Å². The smallest absolute Gasteiger partial charge is 0.143 e. The number of aryl methyl sites for hydroxylation is 1. The van der Waals surface area contributed by atoms with Crippen LogP contribution in [0, 0.1) is 5.82 Å². The molecule has 18 heavy (non-hydrogen) atoms. The lowest BCUT2D eigenvalue weighted by molar-refractivity contribution is 0.630. The number of hydrogen-bond donors (Lipinski definition) is 1. The molecular formula is C13H11ClFN3. The van der Waals surface area contributed by atoms with Crippen LogP contribution in [0.3, 0.4) is 0 Å². The summed E-state index contributed by atoms with van der Waals surface area (Å²) in [4.78, 5) is 7.19. The van der Waals surface area contributed by atoms with E-state index in [2.05, 4.69) is 9.97 Å². The molecule has 3 aromatic rings. The van der Waals surface area contributed by atoms with Crippen LogP contribution < -0.4 is 0 Å². The van der Waals surface area contributed by atoms with Gasteiger partial charge in [-0.25, -0.2) is 9.37 Å². The summed E-state index contributed by atoms with van der Waals surface area (Å²) in [5, 5.41) is 1.03. The number of aromatic nitrogens is 3. The first kappa shape index (κ1) is 11.3. The summed E-state index contributed by atoms with van der Waals surface area (Å²) in [6, 6.07) is 3.05. The molecule has 0 aliphatic rings. The zero-order valence-electron chi connectivity index (χ0n) is 9.74. The Bertz CT molecular complexity index is 714. The summed E-state index contributed by atoms with van der Waals surface area (Å²) < 4.78 is 15.4. The number of rotatable bonds is 2. The second-order valence-electron chi connectivity index (χ2n) is 4.08. The van der Waals surface area contributed by atoms with Crippen LogP contribution in [0.25, 0.3) is 22.2 Å². The van der Waals surface area contributed by atoms with Gasteiger partial charge in [0.2, 0.25) is 0 Å². The highest BCUT2D eigenvalue weighted by molar-refractivity contribution is 6.31. The minimum Gasteiger partial charge on any atom is -0.360 e. The third-order valence-corrected chi connectivity index (χ3v) is 3.34. The first-order valence-electron chi connectivity index (χ1n) is 5.67. The van der Waals surface area contributed by atoms with Crippen LogP contribution in [-0.2, 0) is 6.54 Å². The normalized spacial score (nSPS) is 11.3. The highest BCUT2D eigenvalue weighted by Crippen LogP contribution is 2.31. The van der Waals surface area contributed by atoms with E-state index < -0.39 is 5.82 Å². The maximum absolute atomic E-state index is 13.4. The van der Waals surface area contributed by atoms with Crippen molar-refractivity contribution >= 4 is 22.5 Å². The zero-order valence-corrected chi connectivity index (χ0v) is 10.5. The summed E-state index contributed by atoms with van der Waals surface area (Å²) in [7, 11) is 0. The fourth-order valence-corrected chi connectivity index (χ4v) is 2.29. The molecule has 0 amide bonds. The van der Waals surface area contributed by atoms with Crippen LogP contribution in [0.15, 0.2) is 30.9 Å². The lowest BCUT2D eigenvalue weighted by atomic mass is 10.1. The molecule has 3 rings (SSSR count). The van der Waals surface area contributed by atoms with E-state index in [0.29, 0.717) is 0 Å². The first-order chi connectivity index (χ1) is 8.70. The Morgan fingerprint density at radius 1 is 1.44 bits per heavy atom. The van der Waals surface area contributed by atoms with Gasteiger partial charge >= 0.3 is 0 Å². The second-order valence-corrected chi connectivity index (χ2v) is 4.49. The van der Waals surface area contributed by atoms with E-state index in [-0.39, 0.29) is 5.02 Å². The Balaban J connectivity index is 2.27. The average molecular weight is 264 g/mol. The van der Waals surface area contributed by atoms with Gasteiger partial charge in [-0.05, 0) is 19.1 Å². The van der Waals surface area contributed by atoms with Crippen molar-refractivity contribution in [2.24, 2.45) is 0 Å². The number of halogens is 2. The summed E-state index contributed by atoms with van der Waals surface area (Å²) in [5.74, 6) is -0.415. The number of aromatic amines is 1. The maximum Gasteiger partial charge on any atom is 0.143 e. The van der Waals surface area contributed by atoms with Crippen molar-refractivity contribution in [3.05, 3.63) is 41.7 Å². The number of H-pyrrole nitrogens is 1. The van der Waals surface area contributed by atoms with Crippen LogP contribution in [0.1, 0.15) is 6.92 Å². The molecule has 0 saturated carbocycles. The topological polar surface area (TPSA) is 33.6 Å². The third-order valence-electron chi connectivity index (χ3n) is 3.05. The molecular weight excluding hydrogens is 253 g/mol. The summed E-state index contributed by atoms with van der Waals surface area (Å²) in [6.45, 7) is 2.88. The molecule has 0 spiro atoms. The monoisotopic (exact) mass is 263 g/mol. The highest BCUT2D eigenvalue weighted by atomic mass is 35.5. The van der Waals surface area contributed by atoms with E-state index in [9.17, 15) is 4.39 Å². The molecule has 0 bridgehead atoms. The Morgan fingerprint density at radius 2 is 2.28 bits per heavy atom. The number of hydrogen-bond acceptors (Lipinski definition) is 1. The van der Waals surface area contributed by atoms with E-state index in [1.165, 1.54) is 6.07 Å². The lowest BCUT2D eigenvalue weighted by Crippen LogP contribution is -1.93. The van der Waals surface area contributed by atoms with Crippen LogP contribution >= 0.6 is 11.6 Å². The Labute approximate surface area is 108 Å². The van der Waals surface area contributed by atoms with E-state index in [4.69, 9.17) is 11.6 Å². The molecule has 5 heteroatoms. The van der Waals surface area contributed by atoms with Crippen LogP contribution in [0.2, 0.25) is 5.02 Å². The maximum atomic E-state index is 13.4. The average Bonchev–Trinajstić information content (AvgIpc) is 2.95. The lowest BCUT2D eigenvalue weighted by Gasteiger charge is -2.04. The van der Waals surface area contributed by atoms with Gasteiger partial charge in [-0.3, -0.25) is 0 Å². The predicted molar refractivity (Wildman–Crippen MR) is 70.2 cm³/mol. The molecule has 3 nitrogen and oxygen atoms in total. The summed E-state index contributed by atoms with van der Waals surface area (Å²) >= 11 is 5.84. The quantitative estimate of drug-likeness (QED) is 0.749. The van der Waals surface area contributed by atoms with Crippen molar-refractivity contribution in [1.82, 2.24) is 14.5 Å². The van der Waals surface area contributed by atoms with Gasteiger partial charge in [-0.15, -0.1) is 0 Å². The Morgan fingerprint density at radius 3 is 3.06 bits per heavy atom. The standard InChI is InChI=1S/C13H11ClFN3/c1-2-18-7-16-6-13(18)9-5-17-12-4-11(15)10(14)3-8(9)12/h3-7,17H,2H2,1H3. The van der Waals surface area contributed by atoms with E-state index >= 15 is 0 Å². The van der Waals surface area contributed by atoms with Crippen LogP contribution in [-0.4, -0.2) is 14.5 Å². The van der Waals surface area contributed by atoms with Gasteiger partial charge in [-0.2, -0.15) is 0 Å². The predicted octanol–water partition coefficient (Wildman–Crippen LogP) is 3.84. The van der Waals surface area contributed by atoms with E-state index in [1.54, 1.807) is 18.6 Å². The van der Waals surface area contributed by atoms with Gasteiger partial charge in [0, 0.05) is 29.2 Å². The number of nitrogens with zero attached hydrogens (tertiary/aromatic N) is 2. The zero-order chi connectivity index (χ0) is 12.7.